The fraction of sp³-hybridized carbons (Fsp3) is 0.136. The summed E-state index contributed by atoms with van der Waals surface area (Å²) in [5.74, 6) is -0.610. The zero-order valence-corrected chi connectivity index (χ0v) is 14.6. The molecule has 0 fully saturated rings. The zero-order chi connectivity index (χ0) is 18.5. The maximum atomic E-state index is 13.6. The fourth-order valence-electron chi connectivity index (χ4n) is 2.93. The van der Waals surface area contributed by atoms with Gasteiger partial charge in [0, 0.05) is 24.2 Å². The van der Waals surface area contributed by atoms with Gasteiger partial charge in [0.25, 0.3) is 0 Å². The summed E-state index contributed by atoms with van der Waals surface area (Å²) in [5.41, 5.74) is 10.8. The SMILES string of the molecule is Cc1cc(C(N)=O)ccc1-c1ccc(CNCc2ccccc2F)cc1. The van der Waals surface area contributed by atoms with Crippen LogP contribution in [-0.4, -0.2) is 5.91 Å². The molecule has 0 aromatic heterocycles. The molecule has 0 aliphatic heterocycles. The van der Waals surface area contributed by atoms with Crippen LogP contribution in [0.4, 0.5) is 4.39 Å². The monoisotopic (exact) mass is 348 g/mol. The van der Waals surface area contributed by atoms with E-state index in [2.05, 4.69) is 5.32 Å². The molecule has 0 radical (unpaired) electrons. The number of aryl methyl sites for hydroxylation is 1. The standard InChI is InChI=1S/C22H21FN2O/c1-15-12-18(22(24)26)10-11-20(15)17-8-6-16(7-9-17)13-25-14-19-4-2-3-5-21(19)23/h2-12,25H,13-14H2,1H3,(H2,24,26). The second-order valence-electron chi connectivity index (χ2n) is 6.29. The van der Waals surface area contributed by atoms with Gasteiger partial charge in [0.1, 0.15) is 5.82 Å². The lowest BCUT2D eigenvalue weighted by atomic mass is 9.97. The predicted octanol–water partition coefficient (Wildman–Crippen LogP) is 4.19. The molecule has 0 aliphatic rings. The lowest BCUT2D eigenvalue weighted by Crippen LogP contribution is -2.13. The first-order valence-corrected chi connectivity index (χ1v) is 8.48. The number of primary amides is 1. The third kappa shape index (κ3) is 4.16. The Balaban J connectivity index is 1.65. The molecule has 0 bridgehead atoms. The molecule has 3 nitrogen and oxygen atoms in total. The largest absolute Gasteiger partial charge is 0.366 e. The first-order valence-electron chi connectivity index (χ1n) is 8.48. The summed E-state index contributed by atoms with van der Waals surface area (Å²) in [4.78, 5) is 11.3. The molecule has 0 saturated heterocycles. The number of nitrogens with two attached hydrogens (primary N) is 1. The van der Waals surface area contributed by atoms with Crippen LogP contribution in [0.15, 0.2) is 66.7 Å². The summed E-state index contributed by atoms with van der Waals surface area (Å²) in [6.45, 7) is 3.11. The Kier molecular flexibility index (Phi) is 5.44. The van der Waals surface area contributed by atoms with Gasteiger partial charge < -0.3 is 11.1 Å². The third-order valence-electron chi connectivity index (χ3n) is 4.38. The molecule has 0 saturated carbocycles. The van der Waals surface area contributed by atoms with E-state index in [1.54, 1.807) is 18.2 Å². The van der Waals surface area contributed by atoms with Crippen LogP contribution in [0, 0.1) is 12.7 Å². The van der Waals surface area contributed by atoms with Crippen molar-refractivity contribution in [2.24, 2.45) is 5.73 Å². The highest BCUT2D eigenvalue weighted by atomic mass is 19.1. The fourth-order valence-corrected chi connectivity index (χ4v) is 2.93. The van der Waals surface area contributed by atoms with Crippen molar-refractivity contribution >= 4 is 5.91 Å². The van der Waals surface area contributed by atoms with Crippen LogP contribution in [0.25, 0.3) is 11.1 Å². The van der Waals surface area contributed by atoms with E-state index in [0.29, 0.717) is 24.2 Å². The highest BCUT2D eigenvalue weighted by Gasteiger charge is 2.06. The molecule has 3 N–H and O–H groups in total. The average molecular weight is 348 g/mol. The van der Waals surface area contributed by atoms with Crippen LogP contribution >= 0.6 is 0 Å². The topological polar surface area (TPSA) is 55.1 Å². The normalized spacial score (nSPS) is 10.7. The van der Waals surface area contributed by atoms with Crippen LogP contribution in [0.5, 0.6) is 0 Å². The maximum Gasteiger partial charge on any atom is 0.248 e. The molecule has 1 amide bonds. The van der Waals surface area contributed by atoms with Crippen molar-refractivity contribution in [3.8, 4) is 11.1 Å². The van der Waals surface area contributed by atoms with Gasteiger partial charge in [-0.15, -0.1) is 0 Å². The molecule has 3 aromatic carbocycles. The summed E-state index contributed by atoms with van der Waals surface area (Å²) in [6, 6.07) is 20.4. The summed E-state index contributed by atoms with van der Waals surface area (Å²) in [7, 11) is 0. The Bertz CT molecular complexity index is 920. The summed E-state index contributed by atoms with van der Waals surface area (Å²) < 4.78 is 13.6. The minimum absolute atomic E-state index is 0.190. The Morgan fingerprint density at radius 1 is 1.00 bits per heavy atom. The minimum atomic E-state index is -0.420. The second-order valence-corrected chi connectivity index (χ2v) is 6.29. The van der Waals surface area contributed by atoms with Crippen LogP contribution in [0.2, 0.25) is 0 Å². The molecule has 3 rings (SSSR count). The molecular formula is C22H21FN2O. The van der Waals surface area contributed by atoms with Crippen LogP contribution in [0.3, 0.4) is 0 Å². The van der Waals surface area contributed by atoms with E-state index < -0.39 is 5.91 Å². The molecule has 0 aliphatic carbocycles. The maximum absolute atomic E-state index is 13.6. The highest BCUT2D eigenvalue weighted by molar-refractivity contribution is 5.93. The Labute approximate surface area is 152 Å². The van der Waals surface area contributed by atoms with E-state index in [-0.39, 0.29) is 5.82 Å². The first-order chi connectivity index (χ1) is 12.5. The predicted molar refractivity (Wildman–Crippen MR) is 102 cm³/mol. The van der Waals surface area contributed by atoms with Gasteiger partial charge in [-0.2, -0.15) is 0 Å². The Morgan fingerprint density at radius 3 is 2.38 bits per heavy atom. The number of hydrogen-bond acceptors (Lipinski definition) is 2. The van der Waals surface area contributed by atoms with Gasteiger partial charge >= 0.3 is 0 Å². The number of rotatable bonds is 6. The van der Waals surface area contributed by atoms with Gasteiger partial charge in [-0.3, -0.25) is 4.79 Å². The zero-order valence-electron chi connectivity index (χ0n) is 14.6. The van der Waals surface area contributed by atoms with E-state index in [4.69, 9.17) is 5.73 Å². The first kappa shape index (κ1) is 17.8. The molecule has 0 atom stereocenters. The van der Waals surface area contributed by atoms with E-state index >= 15 is 0 Å². The van der Waals surface area contributed by atoms with Crippen molar-refractivity contribution in [2.45, 2.75) is 20.0 Å². The molecule has 3 aromatic rings. The molecule has 132 valence electrons. The number of benzene rings is 3. The molecule has 4 heteroatoms. The van der Waals surface area contributed by atoms with Gasteiger partial charge in [-0.1, -0.05) is 48.5 Å². The Hall–Kier alpha value is -2.98. The van der Waals surface area contributed by atoms with E-state index in [0.717, 1.165) is 22.3 Å². The molecule has 0 unspecified atom stereocenters. The minimum Gasteiger partial charge on any atom is -0.366 e. The van der Waals surface area contributed by atoms with Gasteiger partial charge in [0.05, 0.1) is 0 Å². The van der Waals surface area contributed by atoms with Crippen molar-refractivity contribution in [1.29, 1.82) is 0 Å². The summed E-state index contributed by atoms with van der Waals surface area (Å²) in [6.07, 6.45) is 0. The molecule has 26 heavy (non-hydrogen) atoms. The number of amides is 1. The highest BCUT2D eigenvalue weighted by Crippen LogP contribution is 2.24. The van der Waals surface area contributed by atoms with Crippen molar-refractivity contribution in [3.63, 3.8) is 0 Å². The third-order valence-corrected chi connectivity index (χ3v) is 4.38. The molecule has 0 heterocycles. The van der Waals surface area contributed by atoms with Crippen molar-refractivity contribution in [3.05, 3.63) is 94.8 Å². The van der Waals surface area contributed by atoms with Crippen molar-refractivity contribution in [1.82, 2.24) is 5.32 Å². The van der Waals surface area contributed by atoms with Crippen LogP contribution in [-0.2, 0) is 13.1 Å². The average Bonchev–Trinajstić information content (AvgIpc) is 2.64. The van der Waals surface area contributed by atoms with Crippen molar-refractivity contribution in [2.75, 3.05) is 0 Å². The Morgan fingerprint density at radius 2 is 1.73 bits per heavy atom. The second kappa shape index (κ2) is 7.93. The van der Waals surface area contributed by atoms with E-state index in [1.807, 2.05) is 49.4 Å². The summed E-state index contributed by atoms with van der Waals surface area (Å²) >= 11 is 0. The number of halogens is 1. The molecular weight excluding hydrogens is 327 g/mol. The lowest BCUT2D eigenvalue weighted by Gasteiger charge is -2.10. The molecule has 0 spiro atoms. The number of hydrogen-bond donors (Lipinski definition) is 2. The van der Waals surface area contributed by atoms with E-state index in [1.165, 1.54) is 6.07 Å². The van der Waals surface area contributed by atoms with E-state index in [9.17, 15) is 9.18 Å². The van der Waals surface area contributed by atoms with Crippen LogP contribution in [0.1, 0.15) is 27.0 Å². The lowest BCUT2D eigenvalue weighted by molar-refractivity contribution is 0.1000. The van der Waals surface area contributed by atoms with Gasteiger partial charge in [-0.25, -0.2) is 4.39 Å². The van der Waals surface area contributed by atoms with Gasteiger partial charge in [0.2, 0.25) is 5.91 Å². The number of nitrogens with one attached hydrogen (secondary N) is 1. The van der Waals surface area contributed by atoms with Gasteiger partial charge in [-0.05, 0) is 47.4 Å². The van der Waals surface area contributed by atoms with Crippen LogP contribution < -0.4 is 11.1 Å². The quantitative estimate of drug-likeness (QED) is 0.702. The summed E-state index contributed by atoms with van der Waals surface area (Å²) in [5, 5.41) is 3.26. The van der Waals surface area contributed by atoms with Crippen molar-refractivity contribution < 1.29 is 9.18 Å². The van der Waals surface area contributed by atoms with Gasteiger partial charge in [0.15, 0.2) is 0 Å². The number of carbonyl (C=O) groups is 1. The smallest absolute Gasteiger partial charge is 0.248 e. The number of carbonyl (C=O) groups excluding carboxylic acids is 1.